The van der Waals surface area contributed by atoms with Gasteiger partial charge in [-0.3, -0.25) is 14.4 Å². The minimum absolute atomic E-state index is 0.166. The number of esters is 1. The van der Waals surface area contributed by atoms with Gasteiger partial charge in [-0.15, -0.1) is 0 Å². The summed E-state index contributed by atoms with van der Waals surface area (Å²) in [5.41, 5.74) is -0.177. The summed E-state index contributed by atoms with van der Waals surface area (Å²) in [6.45, 7) is 0. The number of nitro groups is 1. The van der Waals surface area contributed by atoms with Gasteiger partial charge in [0.25, 0.3) is 15.7 Å². The molecule has 0 saturated carbocycles. The highest BCUT2D eigenvalue weighted by Gasteiger charge is 2.29. The molecule has 8 nitrogen and oxygen atoms in total. The maximum absolute atomic E-state index is 12.7. The van der Waals surface area contributed by atoms with Gasteiger partial charge in [0.15, 0.2) is 4.90 Å². The van der Waals surface area contributed by atoms with Crippen LogP contribution in [0.3, 0.4) is 0 Å². The SMILES string of the molecule is COC(=O)c1cccc(N(C)S(=O)(=O)c2ccccc2[N+](=O)[O-])c1. The predicted octanol–water partition coefficient (Wildman–Crippen LogP) is 2.21. The lowest BCUT2D eigenvalue weighted by Crippen LogP contribution is -2.27. The fourth-order valence-corrected chi connectivity index (χ4v) is 3.40. The zero-order valence-electron chi connectivity index (χ0n) is 12.9. The van der Waals surface area contributed by atoms with Gasteiger partial charge in [-0.1, -0.05) is 18.2 Å². The molecule has 0 heterocycles. The molecule has 126 valence electrons. The van der Waals surface area contributed by atoms with E-state index in [1.807, 2.05) is 0 Å². The number of carbonyl (C=O) groups excluding carboxylic acids is 1. The zero-order chi connectivity index (χ0) is 17.9. The van der Waals surface area contributed by atoms with Crippen LogP contribution in [0.1, 0.15) is 10.4 Å². The van der Waals surface area contributed by atoms with Crippen LogP contribution >= 0.6 is 0 Å². The number of benzene rings is 2. The lowest BCUT2D eigenvalue weighted by molar-refractivity contribution is -0.387. The number of sulfonamides is 1. The molecule has 0 aromatic heterocycles. The lowest BCUT2D eigenvalue weighted by Gasteiger charge is -2.19. The summed E-state index contributed by atoms with van der Waals surface area (Å²) >= 11 is 0. The molecule has 0 N–H and O–H groups in total. The molecule has 2 rings (SSSR count). The standard InChI is InChI=1S/C15H14N2O6S/c1-16(12-7-5-6-11(10-12)15(18)23-2)24(21,22)14-9-4-3-8-13(14)17(19)20/h3-10H,1-2H3. The van der Waals surface area contributed by atoms with E-state index in [0.29, 0.717) is 0 Å². The summed E-state index contributed by atoms with van der Waals surface area (Å²) in [5, 5.41) is 11.1. The van der Waals surface area contributed by atoms with Crippen LogP contribution in [0.15, 0.2) is 53.4 Å². The first-order valence-corrected chi connectivity index (χ1v) is 8.13. The third-order valence-electron chi connectivity index (χ3n) is 3.33. The van der Waals surface area contributed by atoms with E-state index in [-0.39, 0.29) is 11.3 Å². The summed E-state index contributed by atoms with van der Waals surface area (Å²) in [6.07, 6.45) is 0. The van der Waals surface area contributed by atoms with Crippen molar-refractivity contribution >= 4 is 27.4 Å². The van der Waals surface area contributed by atoms with E-state index >= 15 is 0 Å². The lowest BCUT2D eigenvalue weighted by atomic mass is 10.2. The Balaban J connectivity index is 2.51. The number of methoxy groups -OCH3 is 1. The van der Waals surface area contributed by atoms with Crippen molar-refractivity contribution in [1.29, 1.82) is 0 Å². The molecule has 0 saturated heterocycles. The van der Waals surface area contributed by atoms with Gasteiger partial charge in [-0.2, -0.15) is 0 Å². The number of rotatable bonds is 5. The Bertz CT molecular complexity index is 894. The second-order valence-corrected chi connectivity index (χ2v) is 6.68. The summed E-state index contributed by atoms with van der Waals surface area (Å²) in [6, 6.07) is 10.8. The highest BCUT2D eigenvalue weighted by molar-refractivity contribution is 7.93. The number of nitro benzene ring substituents is 1. The third-order valence-corrected chi connectivity index (χ3v) is 5.16. The largest absolute Gasteiger partial charge is 0.465 e. The fraction of sp³-hybridized carbons (Fsp3) is 0.133. The molecule has 9 heteroatoms. The molecule has 0 amide bonds. The van der Waals surface area contributed by atoms with E-state index in [1.54, 1.807) is 0 Å². The molecule has 0 fully saturated rings. The third kappa shape index (κ3) is 3.20. The maximum Gasteiger partial charge on any atom is 0.337 e. The Hall–Kier alpha value is -2.94. The van der Waals surface area contributed by atoms with Gasteiger partial charge in [0.2, 0.25) is 0 Å². The van der Waals surface area contributed by atoms with Crippen LogP contribution in [0.4, 0.5) is 11.4 Å². The number of ether oxygens (including phenoxy) is 1. The average Bonchev–Trinajstić information content (AvgIpc) is 2.60. The molecular weight excluding hydrogens is 336 g/mol. The van der Waals surface area contributed by atoms with Crippen molar-refractivity contribution in [3.63, 3.8) is 0 Å². The van der Waals surface area contributed by atoms with Crippen molar-refractivity contribution in [3.8, 4) is 0 Å². The van der Waals surface area contributed by atoms with Crippen molar-refractivity contribution in [2.24, 2.45) is 0 Å². The van der Waals surface area contributed by atoms with E-state index in [9.17, 15) is 23.3 Å². The first-order valence-electron chi connectivity index (χ1n) is 6.69. The van der Waals surface area contributed by atoms with Crippen LogP contribution in [-0.2, 0) is 14.8 Å². The number of anilines is 1. The summed E-state index contributed by atoms with van der Waals surface area (Å²) in [4.78, 5) is 21.5. The second kappa shape index (κ2) is 6.67. The van der Waals surface area contributed by atoms with Crippen LogP contribution in [0.2, 0.25) is 0 Å². The van der Waals surface area contributed by atoms with Gasteiger partial charge < -0.3 is 4.74 Å². The summed E-state index contributed by atoms with van der Waals surface area (Å²) < 4.78 is 30.9. The fourth-order valence-electron chi connectivity index (χ4n) is 2.06. The highest BCUT2D eigenvalue weighted by Crippen LogP contribution is 2.29. The Morgan fingerprint density at radius 1 is 1.17 bits per heavy atom. The number of hydrogen-bond donors (Lipinski definition) is 0. The molecule has 2 aromatic rings. The van der Waals surface area contributed by atoms with E-state index in [1.165, 1.54) is 50.6 Å². The smallest absolute Gasteiger partial charge is 0.337 e. The van der Waals surface area contributed by atoms with Gasteiger partial charge >= 0.3 is 5.97 Å². The van der Waals surface area contributed by atoms with Crippen LogP contribution in [0.5, 0.6) is 0 Å². The molecule has 0 aliphatic heterocycles. The molecule has 0 unspecified atom stereocenters. The molecule has 24 heavy (non-hydrogen) atoms. The van der Waals surface area contributed by atoms with Gasteiger partial charge in [-0.05, 0) is 24.3 Å². The van der Waals surface area contributed by atoms with Crippen molar-refractivity contribution in [2.45, 2.75) is 4.90 Å². The zero-order valence-corrected chi connectivity index (χ0v) is 13.7. The first-order chi connectivity index (χ1) is 11.3. The van der Waals surface area contributed by atoms with Gasteiger partial charge in [0.05, 0.1) is 23.3 Å². The molecule has 0 spiro atoms. The van der Waals surface area contributed by atoms with Crippen LogP contribution in [0.25, 0.3) is 0 Å². The second-order valence-electron chi connectivity index (χ2n) is 4.74. The Morgan fingerprint density at radius 2 is 1.83 bits per heavy atom. The van der Waals surface area contributed by atoms with Gasteiger partial charge in [-0.25, -0.2) is 13.2 Å². The topological polar surface area (TPSA) is 107 Å². The summed E-state index contributed by atoms with van der Waals surface area (Å²) in [5.74, 6) is -0.617. The van der Waals surface area contributed by atoms with Crippen molar-refractivity contribution in [2.75, 3.05) is 18.5 Å². The van der Waals surface area contributed by atoms with Gasteiger partial charge in [0.1, 0.15) is 0 Å². The van der Waals surface area contributed by atoms with Crippen LogP contribution in [0, 0.1) is 10.1 Å². The summed E-state index contributed by atoms with van der Waals surface area (Å²) in [7, 11) is -1.71. The average molecular weight is 350 g/mol. The quantitative estimate of drug-likeness (QED) is 0.465. The Kier molecular flexibility index (Phi) is 4.84. The van der Waals surface area contributed by atoms with E-state index in [4.69, 9.17) is 0 Å². The molecule has 2 aromatic carbocycles. The number of para-hydroxylation sites is 1. The minimum atomic E-state index is -4.18. The number of carbonyl (C=O) groups is 1. The molecule has 0 atom stereocenters. The molecular formula is C15H14N2O6S. The van der Waals surface area contributed by atoms with Crippen LogP contribution in [-0.4, -0.2) is 33.5 Å². The van der Waals surface area contributed by atoms with Crippen molar-refractivity contribution in [3.05, 3.63) is 64.2 Å². The maximum atomic E-state index is 12.7. The predicted molar refractivity (Wildman–Crippen MR) is 86.5 cm³/mol. The Morgan fingerprint density at radius 3 is 2.46 bits per heavy atom. The van der Waals surface area contributed by atoms with E-state index in [2.05, 4.69) is 4.74 Å². The monoisotopic (exact) mass is 350 g/mol. The number of nitrogens with zero attached hydrogens (tertiary/aromatic N) is 2. The minimum Gasteiger partial charge on any atom is -0.465 e. The Labute approximate surface area is 138 Å². The molecule has 0 aliphatic rings. The highest BCUT2D eigenvalue weighted by atomic mass is 32.2. The number of hydrogen-bond acceptors (Lipinski definition) is 6. The van der Waals surface area contributed by atoms with Gasteiger partial charge in [0, 0.05) is 13.1 Å². The van der Waals surface area contributed by atoms with E-state index in [0.717, 1.165) is 16.4 Å². The van der Waals surface area contributed by atoms with Crippen molar-refractivity contribution < 1.29 is 22.9 Å². The molecule has 0 bridgehead atoms. The normalized spacial score (nSPS) is 10.9. The molecule has 0 radical (unpaired) electrons. The van der Waals surface area contributed by atoms with E-state index < -0.39 is 31.5 Å². The van der Waals surface area contributed by atoms with Crippen LogP contribution < -0.4 is 4.31 Å². The first kappa shape index (κ1) is 17.4. The van der Waals surface area contributed by atoms with Crippen molar-refractivity contribution in [1.82, 2.24) is 0 Å². The molecule has 0 aliphatic carbocycles.